The molecule has 0 saturated heterocycles. The van der Waals surface area contributed by atoms with E-state index in [2.05, 4.69) is 37.9 Å². The Morgan fingerprint density at radius 3 is 2.00 bits per heavy atom. The summed E-state index contributed by atoms with van der Waals surface area (Å²) in [6, 6.07) is 0. The second-order valence-electron chi connectivity index (χ2n) is 4.30. The highest BCUT2D eigenvalue weighted by Crippen LogP contribution is 2.36. The van der Waals surface area contributed by atoms with Gasteiger partial charge in [-0.25, -0.2) is 0 Å². The Hall–Kier alpha value is -0.0800. The molecule has 0 amide bonds. The van der Waals surface area contributed by atoms with Crippen molar-refractivity contribution in [3.8, 4) is 0 Å². The monoisotopic (exact) mass is 170 g/mol. The maximum Gasteiger partial charge on any atom is 0.0330 e. The van der Waals surface area contributed by atoms with E-state index < -0.39 is 0 Å². The molecule has 0 unspecified atom stereocenters. The Labute approximate surface area is 76.5 Å². The fraction of sp³-hybridized carbons (Fsp3) is 1.00. The van der Waals surface area contributed by atoms with Crippen LogP contribution in [0.3, 0.4) is 0 Å². The van der Waals surface area contributed by atoms with Crippen LogP contribution in [-0.2, 0) is 0 Å². The van der Waals surface area contributed by atoms with E-state index in [0.29, 0.717) is 5.54 Å². The highest BCUT2D eigenvalue weighted by molar-refractivity contribution is 4.97. The molecule has 0 aromatic rings. The Bertz CT molecular complexity index is 139. The van der Waals surface area contributed by atoms with E-state index in [1.807, 2.05) is 0 Å². The van der Waals surface area contributed by atoms with Crippen molar-refractivity contribution in [2.24, 2.45) is 0 Å². The van der Waals surface area contributed by atoms with Crippen LogP contribution >= 0.6 is 0 Å². The fourth-order valence-electron chi connectivity index (χ4n) is 1.95. The largest absolute Gasteiger partial charge is 0.305 e. The molecule has 12 heavy (non-hydrogen) atoms. The predicted molar refractivity (Wildman–Crippen MR) is 53.4 cm³/mol. The minimum atomic E-state index is 0.505. The van der Waals surface area contributed by atoms with Crippen LogP contribution in [0.15, 0.2) is 0 Å². The summed E-state index contributed by atoms with van der Waals surface area (Å²) in [5, 5.41) is 0. The molecule has 2 heteroatoms. The Morgan fingerprint density at radius 1 is 1.17 bits per heavy atom. The summed E-state index contributed by atoms with van der Waals surface area (Å²) in [7, 11) is 6.63. The lowest BCUT2D eigenvalue weighted by Crippen LogP contribution is -2.56. The number of likely N-dealkylation sites (N-methyl/N-ethyl adjacent to an activating group) is 2. The Kier molecular flexibility index (Phi) is 3.13. The lowest BCUT2D eigenvalue weighted by Gasteiger charge is -2.49. The SMILES string of the molecule is CCN(C)CC1(N(C)C)CCC1. The Morgan fingerprint density at radius 2 is 1.75 bits per heavy atom. The van der Waals surface area contributed by atoms with Crippen molar-refractivity contribution in [2.75, 3.05) is 34.2 Å². The zero-order chi connectivity index (χ0) is 9.19. The molecule has 2 nitrogen and oxygen atoms in total. The molecule has 0 radical (unpaired) electrons. The van der Waals surface area contributed by atoms with Gasteiger partial charge in [-0.1, -0.05) is 6.92 Å². The van der Waals surface area contributed by atoms with Crippen LogP contribution in [0.25, 0.3) is 0 Å². The zero-order valence-corrected chi connectivity index (χ0v) is 8.93. The van der Waals surface area contributed by atoms with E-state index in [1.54, 1.807) is 0 Å². The molecule has 72 valence electrons. The third-order valence-corrected chi connectivity index (χ3v) is 3.34. The van der Waals surface area contributed by atoms with Gasteiger partial charge < -0.3 is 9.80 Å². The van der Waals surface area contributed by atoms with Gasteiger partial charge in [0.15, 0.2) is 0 Å². The maximum atomic E-state index is 2.42. The third kappa shape index (κ3) is 1.80. The van der Waals surface area contributed by atoms with E-state index in [1.165, 1.54) is 25.8 Å². The zero-order valence-electron chi connectivity index (χ0n) is 8.93. The van der Waals surface area contributed by atoms with Gasteiger partial charge in [-0.05, 0) is 47.0 Å². The molecule has 0 heterocycles. The first-order chi connectivity index (χ1) is 5.60. The summed E-state index contributed by atoms with van der Waals surface area (Å²) < 4.78 is 0. The molecule has 1 fully saturated rings. The molecule has 0 N–H and O–H groups in total. The lowest BCUT2D eigenvalue weighted by atomic mass is 9.75. The van der Waals surface area contributed by atoms with Crippen molar-refractivity contribution in [1.29, 1.82) is 0 Å². The topological polar surface area (TPSA) is 6.48 Å². The first-order valence-corrected chi connectivity index (χ1v) is 4.97. The van der Waals surface area contributed by atoms with E-state index in [0.717, 1.165) is 6.54 Å². The fourth-order valence-corrected chi connectivity index (χ4v) is 1.95. The van der Waals surface area contributed by atoms with Gasteiger partial charge in [-0.15, -0.1) is 0 Å². The number of nitrogens with zero attached hydrogens (tertiary/aromatic N) is 2. The molecule has 0 bridgehead atoms. The van der Waals surface area contributed by atoms with E-state index in [-0.39, 0.29) is 0 Å². The molecular weight excluding hydrogens is 148 g/mol. The highest BCUT2D eigenvalue weighted by Gasteiger charge is 2.39. The molecule has 1 aliphatic carbocycles. The van der Waals surface area contributed by atoms with Crippen LogP contribution in [0.5, 0.6) is 0 Å². The van der Waals surface area contributed by atoms with Crippen LogP contribution in [0.1, 0.15) is 26.2 Å². The van der Waals surface area contributed by atoms with Crippen molar-refractivity contribution in [1.82, 2.24) is 9.80 Å². The lowest BCUT2D eigenvalue weighted by molar-refractivity contribution is 0.0292. The molecule has 0 aliphatic heterocycles. The van der Waals surface area contributed by atoms with E-state index in [9.17, 15) is 0 Å². The van der Waals surface area contributed by atoms with Crippen LogP contribution < -0.4 is 0 Å². The van der Waals surface area contributed by atoms with Crippen molar-refractivity contribution in [2.45, 2.75) is 31.7 Å². The van der Waals surface area contributed by atoms with Crippen LogP contribution in [0.2, 0.25) is 0 Å². The first-order valence-electron chi connectivity index (χ1n) is 4.97. The number of hydrogen-bond donors (Lipinski definition) is 0. The second-order valence-corrected chi connectivity index (χ2v) is 4.30. The van der Waals surface area contributed by atoms with Gasteiger partial charge in [0, 0.05) is 12.1 Å². The summed E-state index contributed by atoms with van der Waals surface area (Å²) in [5.74, 6) is 0. The summed E-state index contributed by atoms with van der Waals surface area (Å²) in [6.45, 7) is 4.62. The molecule has 1 rings (SSSR count). The minimum Gasteiger partial charge on any atom is -0.305 e. The van der Waals surface area contributed by atoms with E-state index >= 15 is 0 Å². The van der Waals surface area contributed by atoms with Crippen molar-refractivity contribution < 1.29 is 0 Å². The quantitative estimate of drug-likeness (QED) is 0.629. The van der Waals surface area contributed by atoms with E-state index in [4.69, 9.17) is 0 Å². The molecule has 1 aliphatic rings. The number of hydrogen-bond acceptors (Lipinski definition) is 2. The first kappa shape index (κ1) is 10.0. The van der Waals surface area contributed by atoms with Crippen LogP contribution in [0.4, 0.5) is 0 Å². The van der Waals surface area contributed by atoms with Gasteiger partial charge in [0.25, 0.3) is 0 Å². The minimum absolute atomic E-state index is 0.505. The summed E-state index contributed by atoms with van der Waals surface area (Å²) in [6.07, 6.45) is 4.17. The molecule has 1 saturated carbocycles. The standard InChI is InChI=1S/C10H22N2/c1-5-12(4)9-10(11(2)3)7-6-8-10/h5-9H2,1-4H3. The van der Waals surface area contributed by atoms with Crippen molar-refractivity contribution >= 4 is 0 Å². The third-order valence-electron chi connectivity index (χ3n) is 3.34. The van der Waals surface area contributed by atoms with Crippen molar-refractivity contribution in [3.63, 3.8) is 0 Å². The van der Waals surface area contributed by atoms with Gasteiger partial charge in [-0.3, -0.25) is 0 Å². The normalized spacial score (nSPS) is 21.5. The van der Waals surface area contributed by atoms with Gasteiger partial charge in [0.2, 0.25) is 0 Å². The molecule has 0 aromatic carbocycles. The molecule has 0 atom stereocenters. The molecular formula is C10H22N2. The maximum absolute atomic E-state index is 2.42. The molecule has 0 spiro atoms. The highest BCUT2D eigenvalue weighted by atomic mass is 15.2. The summed E-state index contributed by atoms with van der Waals surface area (Å²) in [5.41, 5.74) is 0.505. The van der Waals surface area contributed by atoms with Gasteiger partial charge >= 0.3 is 0 Å². The van der Waals surface area contributed by atoms with Crippen LogP contribution in [-0.4, -0.2) is 49.6 Å². The second kappa shape index (κ2) is 3.75. The average molecular weight is 170 g/mol. The number of rotatable bonds is 4. The Balaban J connectivity index is 2.45. The van der Waals surface area contributed by atoms with Gasteiger partial charge in [0.05, 0.1) is 0 Å². The average Bonchev–Trinajstić information content (AvgIpc) is 1.95. The summed E-state index contributed by atoms with van der Waals surface area (Å²) in [4.78, 5) is 4.82. The van der Waals surface area contributed by atoms with Gasteiger partial charge in [-0.2, -0.15) is 0 Å². The van der Waals surface area contributed by atoms with Crippen molar-refractivity contribution in [3.05, 3.63) is 0 Å². The predicted octanol–water partition coefficient (Wildman–Crippen LogP) is 1.42. The smallest absolute Gasteiger partial charge is 0.0330 e. The summed E-state index contributed by atoms with van der Waals surface area (Å²) >= 11 is 0. The molecule has 0 aromatic heterocycles. The van der Waals surface area contributed by atoms with Gasteiger partial charge in [0.1, 0.15) is 0 Å². The van der Waals surface area contributed by atoms with Crippen LogP contribution in [0, 0.1) is 0 Å².